The van der Waals surface area contributed by atoms with Gasteiger partial charge in [0.25, 0.3) is 0 Å². The summed E-state index contributed by atoms with van der Waals surface area (Å²) in [5, 5.41) is 45.5. The first-order chi connectivity index (χ1) is 23.6. The highest BCUT2D eigenvalue weighted by Crippen LogP contribution is 2.44. The number of cyclic esters (lactones) is 1. The van der Waals surface area contributed by atoms with E-state index in [1.54, 1.807) is 34.6 Å². The summed E-state index contributed by atoms with van der Waals surface area (Å²) in [7, 11) is 5.33. The minimum Gasteiger partial charge on any atom is -0.472 e. The number of fused-ring (bicyclic) bond motifs is 2. The summed E-state index contributed by atoms with van der Waals surface area (Å²) in [6, 6.07) is -1.04. The molecule has 0 aromatic rings. The Hall–Kier alpha value is -1.46. The van der Waals surface area contributed by atoms with Crippen molar-refractivity contribution in [3.05, 3.63) is 0 Å². The molecule has 14 nitrogen and oxygen atoms in total. The van der Waals surface area contributed by atoms with Gasteiger partial charge in [-0.25, -0.2) is 4.99 Å². The zero-order valence-corrected chi connectivity index (χ0v) is 32.9. The van der Waals surface area contributed by atoms with Gasteiger partial charge >= 0.3 is 5.97 Å². The summed E-state index contributed by atoms with van der Waals surface area (Å²) in [5.74, 6) is -2.03. The van der Waals surface area contributed by atoms with Gasteiger partial charge in [-0.2, -0.15) is 0 Å². The number of esters is 1. The number of aliphatic hydroxyl groups is 4. The number of carbonyl (C=O) groups excluding carboxylic acids is 1. The number of hydrogen-bond acceptors (Lipinski definition) is 14. The molecule has 4 N–H and O–H groups in total. The molecule has 0 saturated carbocycles. The lowest BCUT2D eigenvalue weighted by Crippen LogP contribution is -2.60. The molecular weight excluding hydrogens is 664 g/mol. The van der Waals surface area contributed by atoms with Crippen LogP contribution in [0.5, 0.6) is 0 Å². The van der Waals surface area contributed by atoms with Gasteiger partial charge in [-0.05, 0) is 75.4 Å². The maximum absolute atomic E-state index is 14.2. The second-order valence-electron chi connectivity index (χ2n) is 16.5. The van der Waals surface area contributed by atoms with Gasteiger partial charge in [0, 0.05) is 37.8 Å². The fourth-order valence-electron chi connectivity index (χ4n) is 8.61. The van der Waals surface area contributed by atoms with Crippen molar-refractivity contribution in [2.24, 2.45) is 22.7 Å². The lowest BCUT2D eigenvalue weighted by atomic mass is 9.79. The number of carbonyl (C=O) groups is 1. The molecule has 4 unspecified atom stereocenters. The predicted octanol–water partition coefficient (Wildman–Crippen LogP) is 2.41. The summed E-state index contributed by atoms with van der Waals surface area (Å²) in [4.78, 5) is 20.9. The van der Waals surface area contributed by atoms with E-state index in [9.17, 15) is 25.2 Å². The number of nitrogens with zero attached hydrogens (tertiary/aromatic N) is 2. The van der Waals surface area contributed by atoms with Gasteiger partial charge in [-0.1, -0.05) is 20.8 Å². The summed E-state index contributed by atoms with van der Waals surface area (Å²) in [5.41, 5.74) is -3.91. The molecule has 51 heavy (non-hydrogen) atoms. The van der Waals surface area contributed by atoms with E-state index < -0.39 is 96.0 Å². The quantitative estimate of drug-likeness (QED) is 0.281. The number of likely N-dealkylation sites (N-methyl/N-ethyl adjacent to an activating group) is 1. The molecule has 4 aliphatic heterocycles. The fourth-order valence-corrected chi connectivity index (χ4v) is 8.61. The second kappa shape index (κ2) is 16.1. The van der Waals surface area contributed by atoms with Crippen LogP contribution in [0.3, 0.4) is 0 Å². The van der Waals surface area contributed by atoms with E-state index in [2.05, 4.69) is 0 Å². The van der Waals surface area contributed by atoms with Crippen LogP contribution in [0, 0.1) is 17.8 Å². The summed E-state index contributed by atoms with van der Waals surface area (Å²) in [6.07, 6.45) is -7.53. The van der Waals surface area contributed by atoms with E-state index in [0.717, 1.165) is 0 Å². The topological polar surface area (TPSA) is 178 Å². The first kappa shape index (κ1) is 42.3. The molecule has 18 atom stereocenters. The van der Waals surface area contributed by atoms with Crippen molar-refractivity contribution in [3.8, 4) is 0 Å². The van der Waals surface area contributed by atoms with Crippen LogP contribution in [0.4, 0.5) is 0 Å². The van der Waals surface area contributed by atoms with E-state index in [1.165, 1.54) is 14.0 Å². The first-order valence-corrected chi connectivity index (χ1v) is 18.7. The lowest BCUT2D eigenvalue weighted by molar-refractivity contribution is -0.315. The van der Waals surface area contributed by atoms with Gasteiger partial charge in [0.2, 0.25) is 0 Å². The molecule has 3 fully saturated rings. The molecule has 4 heterocycles. The average Bonchev–Trinajstić information content (AvgIpc) is 3.35. The van der Waals surface area contributed by atoms with Crippen LogP contribution in [-0.4, -0.2) is 149 Å². The third-order valence-corrected chi connectivity index (χ3v) is 11.9. The van der Waals surface area contributed by atoms with E-state index in [1.807, 2.05) is 46.7 Å². The van der Waals surface area contributed by atoms with Crippen LogP contribution in [0.25, 0.3) is 0 Å². The van der Waals surface area contributed by atoms with Crippen molar-refractivity contribution in [2.45, 2.75) is 185 Å². The SMILES string of the molecule is CC[C@H]1OC(=O)[C@H](C)[C@@H](O[C@H]2C[C@@](C)(OC)[C@@H](O)[C@H](C)O2)[C@H](C)[C@@H](OC2OC(C)CC(N(C)C)C2O)[C@@]2(C)C[C@@H](C)C(=N[C@H](C)[C@@H](O)[C@]1(C)O)O2. The molecule has 296 valence electrons. The van der Waals surface area contributed by atoms with Crippen molar-refractivity contribution < 1.29 is 58.4 Å². The largest absolute Gasteiger partial charge is 0.472 e. The Morgan fingerprint density at radius 3 is 2.20 bits per heavy atom. The van der Waals surface area contributed by atoms with Crippen molar-refractivity contribution >= 4 is 11.9 Å². The number of ether oxygens (including phenoxy) is 7. The molecule has 0 radical (unpaired) electrons. The monoisotopic (exact) mass is 730 g/mol. The minimum absolute atomic E-state index is 0.163. The summed E-state index contributed by atoms with van der Waals surface area (Å²) < 4.78 is 44.5. The zero-order chi connectivity index (χ0) is 38.4. The fraction of sp³-hybridized carbons (Fsp3) is 0.946. The highest BCUT2D eigenvalue weighted by atomic mass is 16.7. The molecule has 0 spiro atoms. The minimum atomic E-state index is -1.84. The normalized spacial score (nSPS) is 50.3. The van der Waals surface area contributed by atoms with Gasteiger partial charge < -0.3 is 58.5 Å². The number of aliphatic imine (C=N–C) groups is 1. The third-order valence-electron chi connectivity index (χ3n) is 11.9. The van der Waals surface area contributed by atoms with Crippen molar-refractivity contribution in [3.63, 3.8) is 0 Å². The van der Waals surface area contributed by atoms with Gasteiger partial charge in [0.1, 0.15) is 41.7 Å². The molecule has 3 saturated heterocycles. The first-order valence-electron chi connectivity index (χ1n) is 18.7. The van der Waals surface area contributed by atoms with Gasteiger partial charge in [0.05, 0.1) is 35.9 Å². The smallest absolute Gasteiger partial charge is 0.311 e. The Balaban J connectivity index is 1.85. The molecule has 0 aliphatic carbocycles. The van der Waals surface area contributed by atoms with E-state index in [0.29, 0.717) is 18.7 Å². The van der Waals surface area contributed by atoms with Crippen LogP contribution in [-0.2, 0) is 38.0 Å². The average molecular weight is 731 g/mol. The Labute approximate surface area is 304 Å². The maximum Gasteiger partial charge on any atom is 0.311 e. The van der Waals surface area contributed by atoms with E-state index >= 15 is 0 Å². The predicted molar refractivity (Wildman–Crippen MR) is 188 cm³/mol. The van der Waals surface area contributed by atoms with Crippen LogP contribution < -0.4 is 0 Å². The molecule has 0 aromatic carbocycles. The van der Waals surface area contributed by atoms with Gasteiger partial charge in [-0.3, -0.25) is 4.79 Å². The number of rotatable bonds is 7. The maximum atomic E-state index is 14.2. The Morgan fingerprint density at radius 2 is 1.61 bits per heavy atom. The van der Waals surface area contributed by atoms with Gasteiger partial charge in [0.15, 0.2) is 18.5 Å². The van der Waals surface area contributed by atoms with Crippen molar-refractivity contribution in [1.82, 2.24) is 4.90 Å². The molecular formula is C37H66N2O12. The summed E-state index contributed by atoms with van der Waals surface area (Å²) >= 11 is 0. The zero-order valence-electron chi connectivity index (χ0n) is 32.9. The molecule has 0 amide bonds. The van der Waals surface area contributed by atoms with E-state index in [-0.39, 0.29) is 30.9 Å². The number of hydrogen-bond donors (Lipinski definition) is 4. The van der Waals surface area contributed by atoms with Crippen LogP contribution in [0.15, 0.2) is 4.99 Å². The van der Waals surface area contributed by atoms with Crippen LogP contribution in [0.2, 0.25) is 0 Å². The van der Waals surface area contributed by atoms with Crippen LogP contribution >= 0.6 is 0 Å². The summed E-state index contributed by atoms with van der Waals surface area (Å²) in [6.45, 7) is 17.8. The van der Waals surface area contributed by atoms with Crippen molar-refractivity contribution in [2.75, 3.05) is 21.2 Å². The standard InChI is InChI=1S/C37H66N2O12/c1-14-25-37(10,44)29(41)22(6)38-32-18(2)16-36(9,51-32)31(50-34-27(40)24(39(11)12)15-19(3)46-34)20(4)28(21(5)33(43)48-25)49-26-17-35(8,45-13)30(42)23(7)47-26/h18-31,34,40-42,44H,14-17H2,1-13H3/t18-,19?,20+,21-,22-,23+,24?,25-,26+,27?,28+,29-,30+,31-,34?,35-,36-,37-/m1/s1. The Morgan fingerprint density at radius 1 is 0.961 bits per heavy atom. The van der Waals surface area contributed by atoms with Crippen molar-refractivity contribution in [1.29, 1.82) is 0 Å². The molecule has 4 aliphatic rings. The van der Waals surface area contributed by atoms with Crippen LogP contribution in [0.1, 0.15) is 94.9 Å². The highest BCUT2D eigenvalue weighted by molar-refractivity contribution is 5.81. The number of aliphatic hydroxyl groups excluding tert-OH is 3. The molecule has 14 heteroatoms. The third kappa shape index (κ3) is 8.60. The highest BCUT2D eigenvalue weighted by Gasteiger charge is 2.56. The van der Waals surface area contributed by atoms with E-state index in [4.69, 9.17) is 38.2 Å². The molecule has 2 bridgehead atoms. The van der Waals surface area contributed by atoms with Gasteiger partial charge in [-0.15, -0.1) is 0 Å². The lowest BCUT2D eigenvalue weighted by Gasteiger charge is -2.48. The Kier molecular flexibility index (Phi) is 13.4. The number of methoxy groups -OCH3 is 1. The molecule has 0 aromatic heterocycles. The second-order valence-corrected chi connectivity index (χ2v) is 16.5. The Bertz CT molecular complexity index is 1220. The molecule has 4 rings (SSSR count).